The van der Waals surface area contributed by atoms with Gasteiger partial charge in [0.05, 0.1) is 5.60 Å². The van der Waals surface area contributed by atoms with Crippen molar-refractivity contribution in [2.75, 3.05) is 0 Å². The molecule has 4 aliphatic rings. The maximum atomic E-state index is 12.3. The van der Waals surface area contributed by atoms with Gasteiger partial charge in [0, 0.05) is 29.4 Å². The predicted octanol–water partition coefficient (Wildman–Crippen LogP) is 2.94. The molecular weight excluding hydrogens is 320 g/mol. The molecule has 2 saturated carbocycles. The van der Waals surface area contributed by atoms with Crippen LogP contribution in [0, 0.1) is 17.8 Å². The van der Waals surface area contributed by atoms with Gasteiger partial charge in [-0.2, -0.15) is 0 Å². The fourth-order valence-corrected chi connectivity index (χ4v) is 5.48. The van der Waals surface area contributed by atoms with Gasteiger partial charge in [-0.1, -0.05) is 19.6 Å². The van der Waals surface area contributed by atoms with Gasteiger partial charge in [0.1, 0.15) is 17.8 Å². The number of carbonyl (C=O) groups excluding carboxylic acids is 2. The van der Waals surface area contributed by atoms with E-state index in [1.807, 2.05) is 6.92 Å². The third-order valence-corrected chi connectivity index (χ3v) is 6.96. The summed E-state index contributed by atoms with van der Waals surface area (Å²) in [6.45, 7) is 11.8. The molecule has 0 aromatic heterocycles. The fourth-order valence-electron chi connectivity index (χ4n) is 5.48. The summed E-state index contributed by atoms with van der Waals surface area (Å²) in [5.74, 6) is -0.150. The van der Waals surface area contributed by atoms with E-state index in [0.29, 0.717) is 17.6 Å². The Labute approximate surface area is 148 Å². The second kappa shape index (κ2) is 5.19. The van der Waals surface area contributed by atoms with Gasteiger partial charge in [0.2, 0.25) is 0 Å². The highest BCUT2D eigenvalue weighted by Gasteiger charge is 2.79. The van der Waals surface area contributed by atoms with Crippen LogP contribution in [0.5, 0.6) is 0 Å². The van der Waals surface area contributed by atoms with Crippen LogP contribution in [0.1, 0.15) is 47.0 Å². The highest BCUT2D eigenvalue weighted by molar-refractivity contribution is 5.91. The molecule has 4 rings (SSSR count). The van der Waals surface area contributed by atoms with Crippen molar-refractivity contribution in [1.29, 1.82) is 0 Å². The lowest BCUT2D eigenvalue weighted by molar-refractivity contribution is -0.150. The number of hydrogen-bond acceptors (Lipinski definition) is 5. The average Bonchev–Trinajstić information content (AvgIpc) is 2.98. The van der Waals surface area contributed by atoms with E-state index in [1.54, 1.807) is 13.0 Å². The third-order valence-electron chi connectivity index (χ3n) is 6.96. The molecule has 5 nitrogen and oxygen atoms in total. The second-order valence-corrected chi connectivity index (χ2v) is 8.36. The number of epoxide rings is 1. The topological polar surface area (TPSA) is 65.1 Å². The van der Waals surface area contributed by atoms with E-state index in [-0.39, 0.29) is 53.1 Å². The highest BCUT2D eigenvalue weighted by atomic mass is 16.6. The lowest BCUT2D eigenvalue weighted by Gasteiger charge is -2.30. The number of carbonyl (C=O) groups is 2. The Kier molecular flexibility index (Phi) is 3.50. The van der Waals surface area contributed by atoms with E-state index < -0.39 is 0 Å². The van der Waals surface area contributed by atoms with Crippen LogP contribution in [0.3, 0.4) is 0 Å². The molecule has 0 radical (unpaired) electrons. The number of ether oxygens (including phenoxy) is 3. The molecule has 25 heavy (non-hydrogen) atoms. The molecule has 2 heterocycles. The molecule has 2 saturated heterocycles. The first kappa shape index (κ1) is 16.8. The van der Waals surface area contributed by atoms with Crippen LogP contribution in [0.15, 0.2) is 23.8 Å². The lowest BCUT2D eigenvalue weighted by Crippen LogP contribution is -2.37. The van der Waals surface area contributed by atoms with Crippen molar-refractivity contribution in [3.8, 4) is 0 Å². The molecule has 136 valence electrons. The van der Waals surface area contributed by atoms with Crippen molar-refractivity contribution in [2.24, 2.45) is 17.8 Å². The molecule has 0 bridgehead atoms. The number of fused-ring (bicyclic) bond motifs is 1. The van der Waals surface area contributed by atoms with Crippen LogP contribution in [-0.2, 0) is 23.8 Å². The van der Waals surface area contributed by atoms with Gasteiger partial charge in [-0.15, -0.1) is 0 Å². The Bertz CT molecular complexity index is 694. The summed E-state index contributed by atoms with van der Waals surface area (Å²) in [6.07, 6.45) is 3.69. The molecule has 4 fully saturated rings. The van der Waals surface area contributed by atoms with Crippen LogP contribution in [0.2, 0.25) is 0 Å². The zero-order valence-corrected chi connectivity index (χ0v) is 15.3. The largest absolute Gasteiger partial charge is 0.458 e. The minimum absolute atomic E-state index is 0.00787. The van der Waals surface area contributed by atoms with Crippen molar-refractivity contribution in [3.63, 3.8) is 0 Å². The van der Waals surface area contributed by atoms with Gasteiger partial charge in [-0.3, -0.25) is 0 Å². The zero-order valence-electron chi connectivity index (χ0n) is 15.3. The molecule has 0 aromatic rings. The minimum Gasteiger partial charge on any atom is -0.458 e. The molecular formula is C20H26O5. The SMILES string of the molecule is C=C1C(=O)OC2CC(C)C3C(OC(=O)C(C)=CC)CC4(C)OC34CC12. The highest BCUT2D eigenvalue weighted by Crippen LogP contribution is 2.69. The quantitative estimate of drug-likeness (QED) is 0.437. The molecule has 7 unspecified atom stereocenters. The van der Waals surface area contributed by atoms with Gasteiger partial charge >= 0.3 is 11.9 Å². The smallest absolute Gasteiger partial charge is 0.334 e. The molecule has 1 spiro atoms. The van der Waals surface area contributed by atoms with Gasteiger partial charge in [0.25, 0.3) is 0 Å². The minimum atomic E-state index is -0.336. The number of esters is 2. The standard InChI is InChI=1S/C20H26O5/c1-6-10(2)17(21)24-15-9-19(5)20(25-19)8-13-12(4)18(22)23-14(13)7-11(3)16(15)20/h6,11,13-16H,4,7-9H2,1-3,5H3. The van der Waals surface area contributed by atoms with Crippen LogP contribution in [0.25, 0.3) is 0 Å². The van der Waals surface area contributed by atoms with E-state index in [2.05, 4.69) is 20.4 Å². The Balaban J connectivity index is 1.63. The Morgan fingerprint density at radius 1 is 1.40 bits per heavy atom. The molecule has 0 aromatic carbocycles. The maximum Gasteiger partial charge on any atom is 0.334 e. The van der Waals surface area contributed by atoms with Crippen LogP contribution < -0.4 is 0 Å². The third kappa shape index (κ3) is 2.17. The number of rotatable bonds is 2. The van der Waals surface area contributed by atoms with E-state index in [0.717, 1.165) is 12.8 Å². The van der Waals surface area contributed by atoms with E-state index >= 15 is 0 Å². The van der Waals surface area contributed by atoms with Crippen LogP contribution in [0.4, 0.5) is 0 Å². The first-order valence-electron chi connectivity index (χ1n) is 9.16. The maximum absolute atomic E-state index is 12.3. The molecule has 2 aliphatic heterocycles. The summed E-state index contributed by atoms with van der Waals surface area (Å²) in [5.41, 5.74) is 0.565. The van der Waals surface area contributed by atoms with Gasteiger partial charge in [0.15, 0.2) is 0 Å². The predicted molar refractivity (Wildman–Crippen MR) is 90.5 cm³/mol. The zero-order chi connectivity index (χ0) is 18.1. The summed E-state index contributed by atoms with van der Waals surface area (Å²) in [7, 11) is 0. The summed E-state index contributed by atoms with van der Waals surface area (Å²) < 4.78 is 17.7. The van der Waals surface area contributed by atoms with Crippen molar-refractivity contribution in [2.45, 2.75) is 70.4 Å². The Morgan fingerprint density at radius 2 is 2.12 bits per heavy atom. The van der Waals surface area contributed by atoms with Crippen molar-refractivity contribution >= 4 is 11.9 Å². The summed E-state index contributed by atoms with van der Waals surface area (Å²) in [6, 6.07) is 0. The second-order valence-electron chi connectivity index (χ2n) is 8.36. The fraction of sp³-hybridized carbons (Fsp3) is 0.700. The lowest BCUT2D eigenvalue weighted by atomic mass is 9.78. The molecule has 2 aliphatic carbocycles. The van der Waals surface area contributed by atoms with Crippen molar-refractivity contribution in [3.05, 3.63) is 23.8 Å². The van der Waals surface area contributed by atoms with E-state index in [4.69, 9.17) is 14.2 Å². The molecule has 5 heteroatoms. The normalized spacial score (nSPS) is 48.2. The van der Waals surface area contributed by atoms with Crippen LogP contribution in [-0.4, -0.2) is 35.3 Å². The first-order valence-corrected chi connectivity index (χ1v) is 9.16. The molecule has 0 amide bonds. The Hall–Kier alpha value is -1.62. The monoisotopic (exact) mass is 346 g/mol. The van der Waals surface area contributed by atoms with Crippen LogP contribution >= 0.6 is 0 Å². The average molecular weight is 346 g/mol. The van der Waals surface area contributed by atoms with E-state index in [9.17, 15) is 9.59 Å². The summed E-state index contributed by atoms with van der Waals surface area (Å²) in [5, 5.41) is 0. The van der Waals surface area contributed by atoms with Gasteiger partial charge in [-0.05, 0) is 39.5 Å². The van der Waals surface area contributed by atoms with Crippen molar-refractivity contribution < 1.29 is 23.8 Å². The van der Waals surface area contributed by atoms with Gasteiger partial charge in [-0.25, -0.2) is 9.59 Å². The number of hydrogen-bond donors (Lipinski definition) is 0. The van der Waals surface area contributed by atoms with E-state index in [1.165, 1.54) is 0 Å². The molecule has 7 atom stereocenters. The number of allylic oxidation sites excluding steroid dienone is 1. The van der Waals surface area contributed by atoms with Crippen molar-refractivity contribution in [1.82, 2.24) is 0 Å². The molecule has 0 N–H and O–H groups in total. The van der Waals surface area contributed by atoms with Gasteiger partial charge < -0.3 is 14.2 Å². The first-order chi connectivity index (χ1) is 11.7. The summed E-state index contributed by atoms with van der Waals surface area (Å²) >= 11 is 0. The Morgan fingerprint density at radius 3 is 2.80 bits per heavy atom. The summed E-state index contributed by atoms with van der Waals surface area (Å²) in [4.78, 5) is 24.2.